The van der Waals surface area contributed by atoms with Gasteiger partial charge in [-0.25, -0.2) is 0 Å². The number of rotatable bonds is 10. The molecule has 0 amide bonds. The number of benzene rings is 2. The predicted molar refractivity (Wildman–Crippen MR) is 129 cm³/mol. The molecule has 0 bridgehead atoms. The molecule has 0 atom stereocenters. The molecule has 0 aliphatic carbocycles. The number of aryl methyl sites for hydroxylation is 1. The molecule has 0 saturated carbocycles. The molecular formula is C27H28N2O5. The number of hydrogen-bond donors (Lipinski definition) is 1. The van der Waals surface area contributed by atoms with Crippen LogP contribution in [0, 0.1) is 18.3 Å². The zero-order chi connectivity index (χ0) is 24.7. The first-order chi connectivity index (χ1) is 16.4. The minimum atomic E-state index is -0.623. The van der Waals surface area contributed by atoms with Gasteiger partial charge in [0.2, 0.25) is 5.88 Å². The van der Waals surface area contributed by atoms with Crippen molar-refractivity contribution in [2.45, 2.75) is 39.7 Å². The van der Waals surface area contributed by atoms with E-state index in [-0.39, 0.29) is 23.2 Å². The topological polar surface area (TPSA) is 102 Å². The van der Waals surface area contributed by atoms with E-state index in [2.05, 4.69) is 6.92 Å². The van der Waals surface area contributed by atoms with Gasteiger partial charge in [0.15, 0.2) is 5.78 Å². The highest BCUT2D eigenvalue weighted by Crippen LogP contribution is 2.26. The minimum Gasteiger partial charge on any atom is -0.497 e. The van der Waals surface area contributed by atoms with Crippen LogP contribution in [0.1, 0.15) is 52.4 Å². The maximum atomic E-state index is 13.3. The Kier molecular flexibility index (Phi) is 8.10. The van der Waals surface area contributed by atoms with E-state index in [9.17, 15) is 20.0 Å². The highest BCUT2D eigenvalue weighted by atomic mass is 16.5. The van der Waals surface area contributed by atoms with Gasteiger partial charge in [0.1, 0.15) is 23.1 Å². The third-order valence-corrected chi connectivity index (χ3v) is 5.69. The van der Waals surface area contributed by atoms with Crippen LogP contribution in [0.3, 0.4) is 0 Å². The summed E-state index contributed by atoms with van der Waals surface area (Å²) in [4.78, 5) is 26.2. The van der Waals surface area contributed by atoms with Crippen LogP contribution >= 0.6 is 0 Å². The molecule has 2 aromatic carbocycles. The van der Waals surface area contributed by atoms with Crippen molar-refractivity contribution in [1.29, 1.82) is 5.26 Å². The summed E-state index contributed by atoms with van der Waals surface area (Å²) >= 11 is 0. The van der Waals surface area contributed by atoms with Gasteiger partial charge in [-0.2, -0.15) is 5.26 Å². The molecule has 3 aromatic rings. The van der Waals surface area contributed by atoms with E-state index in [1.165, 1.54) is 6.92 Å². The Morgan fingerprint density at radius 2 is 1.74 bits per heavy atom. The summed E-state index contributed by atoms with van der Waals surface area (Å²) < 4.78 is 11.9. The Balaban J connectivity index is 1.93. The monoisotopic (exact) mass is 460 g/mol. The van der Waals surface area contributed by atoms with Crippen molar-refractivity contribution in [3.63, 3.8) is 0 Å². The molecule has 0 fully saturated rings. The smallest absolute Gasteiger partial charge is 0.271 e. The molecule has 1 heterocycles. The molecule has 34 heavy (non-hydrogen) atoms. The summed E-state index contributed by atoms with van der Waals surface area (Å²) in [6.45, 7) is 4.28. The molecule has 7 nitrogen and oxygen atoms in total. The van der Waals surface area contributed by atoms with Gasteiger partial charge in [-0.1, -0.05) is 25.5 Å². The van der Waals surface area contributed by atoms with E-state index < -0.39 is 17.2 Å². The van der Waals surface area contributed by atoms with Crippen LogP contribution in [0.25, 0.3) is 0 Å². The number of ketones is 1. The van der Waals surface area contributed by atoms with Crippen molar-refractivity contribution < 1.29 is 19.4 Å². The summed E-state index contributed by atoms with van der Waals surface area (Å²) in [5.41, 5.74) is 0.574. The molecule has 0 spiro atoms. The van der Waals surface area contributed by atoms with E-state index in [0.29, 0.717) is 30.1 Å². The lowest BCUT2D eigenvalue weighted by atomic mass is 9.97. The Morgan fingerprint density at radius 1 is 1.09 bits per heavy atom. The molecule has 176 valence electrons. The number of ether oxygens (including phenoxy) is 2. The van der Waals surface area contributed by atoms with Crippen molar-refractivity contribution >= 4 is 5.78 Å². The van der Waals surface area contributed by atoms with Gasteiger partial charge in [-0.3, -0.25) is 14.2 Å². The van der Waals surface area contributed by atoms with E-state index in [1.54, 1.807) is 43.5 Å². The molecule has 0 radical (unpaired) electrons. The summed E-state index contributed by atoms with van der Waals surface area (Å²) in [6, 6.07) is 15.8. The molecule has 0 unspecified atom stereocenters. The molecule has 0 aliphatic heterocycles. The summed E-state index contributed by atoms with van der Waals surface area (Å²) in [5.74, 6) is 0.446. The highest BCUT2D eigenvalue weighted by Gasteiger charge is 2.25. The minimum absolute atomic E-state index is 0.0504. The highest BCUT2D eigenvalue weighted by molar-refractivity contribution is 6.11. The molecule has 1 N–H and O–H groups in total. The lowest BCUT2D eigenvalue weighted by molar-refractivity contribution is 0.103. The van der Waals surface area contributed by atoms with Crippen LogP contribution in [0.15, 0.2) is 53.3 Å². The maximum absolute atomic E-state index is 13.3. The van der Waals surface area contributed by atoms with Crippen LogP contribution in [0.4, 0.5) is 0 Å². The van der Waals surface area contributed by atoms with Gasteiger partial charge in [0, 0.05) is 12.1 Å². The second-order valence-corrected chi connectivity index (χ2v) is 7.92. The van der Waals surface area contributed by atoms with Crippen molar-refractivity contribution in [3.8, 4) is 23.4 Å². The number of aromatic nitrogens is 1. The summed E-state index contributed by atoms with van der Waals surface area (Å²) in [5, 5.41) is 20.5. The van der Waals surface area contributed by atoms with Crippen LogP contribution in [0.5, 0.6) is 17.4 Å². The second-order valence-electron chi connectivity index (χ2n) is 7.92. The Labute approximate surface area is 198 Å². The average molecular weight is 461 g/mol. The molecular weight excluding hydrogens is 432 g/mol. The number of pyridine rings is 1. The van der Waals surface area contributed by atoms with Crippen molar-refractivity contribution in [1.82, 2.24) is 4.57 Å². The number of nitriles is 1. The summed E-state index contributed by atoms with van der Waals surface area (Å²) in [6.07, 6.45) is 2.37. The Bertz CT molecular complexity index is 1250. The predicted octanol–water partition coefficient (Wildman–Crippen LogP) is 4.40. The van der Waals surface area contributed by atoms with Gasteiger partial charge in [0.25, 0.3) is 5.56 Å². The fraction of sp³-hybridized carbons (Fsp3) is 0.296. The van der Waals surface area contributed by atoms with E-state index >= 15 is 0 Å². The maximum Gasteiger partial charge on any atom is 0.271 e. The number of carbonyl (C=O) groups excluding carboxylic acids is 1. The number of hydrogen-bond acceptors (Lipinski definition) is 6. The van der Waals surface area contributed by atoms with Crippen LogP contribution in [-0.2, 0) is 13.0 Å². The number of aromatic hydroxyl groups is 1. The van der Waals surface area contributed by atoms with Crippen LogP contribution in [0.2, 0.25) is 0 Å². The van der Waals surface area contributed by atoms with Crippen molar-refractivity contribution in [3.05, 3.63) is 86.7 Å². The van der Waals surface area contributed by atoms with Crippen molar-refractivity contribution in [2.75, 3.05) is 13.7 Å². The van der Waals surface area contributed by atoms with Gasteiger partial charge in [-0.05, 0) is 67.3 Å². The first-order valence-corrected chi connectivity index (χ1v) is 11.2. The number of methoxy groups -OCH3 is 1. The Morgan fingerprint density at radius 3 is 2.32 bits per heavy atom. The van der Waals surface area contributed by atoms with E-state index in [0.717, 1.165) is 23.0 Å². The number of nitrogens with zero attached hydrogens (tertiary/aromatic N) is 2. The SMILES string of the molecule is CCCCOc1ccc(C(=O)c2c(C)c(C#N)c(=O)n(CCc3ccc(OC)cc3)c2O)cc1. The molecule has 3 rings (SSSR count). The number of unbranched alkanes of at least 4 members (excludes halogenated alkanes) is 1. The van der Waals surface area contributed by atoms with Gasteiger partial charge in [-0.15, -0.1) is 0 Å². The third kappa shape index (κ3) is 5.29. The molecule has 0 saturated heterocycles. The normalized spacial score (nSPS) is 10.5. The van der Waals surface area contributed by atoms with E-state index in [4.69, 9.17) is 9.47 Å². The standard InChI is InChI=1S/C27H28N2O5/c1-4-5-16-34-22-12-8-20(9-13-22)25(30)24-18(2)23(17-28)26(31)29(27(24)32)15-14-19-6-10-21(33-3)11-7-19/h6-13,32H,4-5,14-16H2,1-3H3. The molecule has 1 aromatic heterocycles. The lowest BCUT2D eigenvalue weighted by Crippen LogP contribution is -2.27. The second kappa shape index (κ2) is 11.2. The van der Waals surface area contributed by atoms with Crippen LogP contribution in [-0.4, -0.2) is 29.2 Å². The quantitative estimate of drug-likeness (QED) is 0.356. The van der Waals surface area contributed by atoms with Gasteiger partial charge >= 0.3 is 0 Å². The van der Waals surface area contributed by atoms with Crippen molar-refractivity contribution in [2.24, 2.45) is 0 Å². The third-order valence-electron chi connectivity index (χ3n) is 5.69. The number of carbonyl (C=O) groups is 1. The summed E-state index contributed by atoms with van der Waals surface area (Å²) in [7, 11) is 1.58. The zero-order valence-electron chi connectivity index (χ0n) is 19.6. The van der Waals surface area contributed by atoms with Crippen LogP contribution < -0.4 is 15.0 Å². The largest absolute Gasteiger partial charge is 0.497 e. The first-order valence-electron chi connectivity index (χ1n) is 11.2. The Hall–Kier alpha value is -4.05. The first kappa shape index (κ1) is 24.6. The average Bonchev–Trinajstić information content (AvgIpc) is 2.85. The molecule has 0 aliphatic rings. The fourth-order valence-corrected chi connectivity index (χ4v) is 3.64. The lowest BCUT2D eigenvalue weighted by Gasteiger charge is -2.16. The molecule has 7 heteroatoms. The van der Waals surface area contributed by atoms with Gasteiger partial charge in [0.05, 0.1) is 19.3 Å². The van der Waals surface area contributed by atoms with Gasteiger partial charge < -0.3 is 14.6 Å². The zero-order valence-corrected chi connectivity index (χ0v) is 19.6. The van der Waals surface area contributed by atoms with E-state index in [1.807, 2.05) is 18.2 Å². The fourth-order valence-electron chi connectivity index (χ4n) is 3.64.